The van der Waals surface area contributed by atoms with E-state index in [0.29, 0.717) is 6.61 Å². The Morgan fingerprint density at radius 3 is 2.62 bits per heavy atom. The highest BCUT2D eigenvalue weighted by Crippen LogP contribution is 2.02. The molecule has 0 aliphatic rings. The molecule has 0 heterocycles. The van der Waals surface area contributed by atoms with Gasteiger partial charge in [0.1, 0.15) is 0 Å². The quantitative estimate of drug-likeness (QED) is 0.625. The molecule has 86 valence electrons. The molecule has 1 aromatic carbocycles. The Bertz CT molecular complexity index is 358. The zero-order valence-corrected chi connectivity index (χ0v) is 9.56. The van der Waals surface area contributed by atoms with E-state index >= 15 is 0 Å². The Hall–Kier alpha value is -1.84. The lowest BCUT2D eigenvalue weighted by Gasteiger charge is -1.99. The van der Waals surface area contributed by atoms with Crippen LogP contribution in [0.4, 0.5) is 4.79 Å². The summed E-state index contributed by atoms with van der Waals surface area (Å²) in [6, 6.07) is 7.97. The predicted molar refractivity (Wildman–Crippen MR) is 63.6 cm³/mol. The maximum Gasteiger partial charge on any atom is 0.427 e. The normalized spacial score (nSPS) is 10.4. The molecule has 0 aliphatic heterocycles. The van der Waals surface area contributed by atoms with Gasteiger partial charge in [-0.25, -0.2) is 10.2 Å². The summed E-state index contributed by atoms with van der Waals surface area (Å²) in [5.41, 5.74) is 4.48. The molecule has 1 N–H and O–H groups in total. The van der Waals surface area contributed by atoms with Crippen LogP contribution in [0.5, 0.6) is 0 Å². The number of benzene rings is 1. The number of nitrogens with zero attached hydrogens (tertiary/aromatic N) is 1. The fourth-order valence-corrected chi connectivity index (χ4v) is 1.16. The molecule has 0 aromatic heterocycles. The lowest BCUT2D eigenvalue weighted by Crippen LogP contribution is -2.18. The van der Waals surface area contributed by atoms with Gasteiger partial charge in [0.25, 0.3) is 0 Å². The van der Waals surface area contributed by atoms with E-state index in [2.05, 4.69) is 22.2 Å². The zero-order chi connectivity index (χ0) is 11.8. The molecule has 1 aromatic rings. The Balaban J connectivity index is 2.46. The van der Waals surface area contributed by atoms with Crippen LogP contribution in [0.1, 0.15) is 25.0 Å². The highest BCUT2D eigenvalue weighted by molar-refractivity contribution is 5.80. The lowest BCUT2D eigenvalue weighted by molar-refractivity contribution is 0.152. The molecule has 0 atom stereocenters. The zero-order valence-electron chi connectivity index (χ0n) is 9.56. The van der Waals surface area contributed by atoms with Crippen LogP contribution in [-0.4, -0.2) is 18.9 Å². The number of amides is 1. The van der Waals surface area contributed by atoms with Crippen molar-refractivity contribution in [1.82, 2.24) is 5.43 Å². The number of hydrogen-bond acceptors (Lipinski definition) is 3. The second-order valence-electron chi connectivity index (χ2n) is 3.19. The van der Waals surface area contributed by atoms with Gasteiger partial charge in [-0.2, -0.15) is 5.10 Å². The van der Waals surface area contributed by atoms with Crippen LogP contribution < -0.4 is 5.43 Å². The molecule has 0 bridgehead atoms. The SMILES string of the molecule is CCOC(=O)NN=Cc1ccc(CC)cc1. The Kier molecular flexibility index (Phi) is 5.05. The van der Waals surface area contributed by atoms with Gasteiger partial charge in [-0.3, -0.25) is 0 Å². The van der Waals surface area contributed by atoms with Crippen LogP contribution in [0.15, 0.2) is 29.4 Å². The van der Waals surface area contributed by atoms with E-state index < -0.39 is 6.09 Å². The fraction of sp³-hybridized carbons (Fsp3) is 0.333. The van der Waals surface area contributed by atoms with Gasteiger partial charge in [-0.15, -0.1) is 0 Å². The predicted octanol–water partition coefficient (Wildman–Crippen LogP) is 2.33. The number of hydrazone groups is 1. The molecular weight excluding hydrogens is 204 g/mol. The van der Waals surface area contributed by atoms with Crippen molar-refractivity contribution in [2.45, 2.75) is 20.3 Å². The van der Waals surface area contributed by atoms with E-state index in [9.17, 15) is 4.79 Å². The van der Waals surface area contributed by atoms with Crippen molar-refractivity contribution >= 4 is 12.3 Å². The minimum absolute atomic E-state index is 0.340. The summed E-state index contributed by atoms with van der Waals surface area (Å²) in [5, 5.41) is 3.77. The summed E-state index contributed by atoms with van der Waals surface area (Å²) >= 11 is 0. The first kappa shape index (κ1) is 12.2. The molecule has 0 spiro atoms. The number of rotatable bonds is 4. The average Bonchev–Trinajstić information content (AvgIpc) is 2.30. The van der Waals surface area contributed by atoms with E-state index in [0.717, 1.165) is 12.0 Å². The molecule has 0 saturated heterocycles. The highest BCUT2D eigenvalue weighted by Gasteiger charge is 1.95. The Labute approximate surface area is 95.3 Å². The summed E-state index contributed by atoms with van der Waals surface area (Å²) in [5.74, 6) is 0. The first-order chi connectivity index (χ1) is 7.76. The highest BCUT2D eigenvalue weighted by atomic mass is 16.5. The summed E-state index contributed by atoms with van der Waals surface area (Å²) in [4.78, 5) is 10.9. The first-order valence-corrected chi connectivity index (χ1v) is 5.31. The van der Waals surface area contributed by atoms with E-state index in [-0.39, 0.29) is 0 Å². The largest absolute Gasteiger partial charge is 0.449 e. The van der Waals surface area contributed by atoms with Crippen molar-refractivity contribution in [3.05, 3.63) is 35.4 Å². The van der Waals surface area contributed by atoms with E-state index in [1.165, 1.54) is 5.56 Å². The molecule has 0 unspecified atom stereocenters. The minimum Gasteiger partial charge on any atom is -0.449 e. The number of carbonyl (C=O) groups is 1. The van der Waals surface area contributed by atoms with E-state index in [4.69, 9.17) is 0 Å². The molecule has 1 rings (SSSR count). The lowest BCUT2D eigenvalue weighted by atomic mass is 10.1. The van der Waals surface area contributed by atoms with Crippen LogP contribution in [0.25, 0.3) is 0 Å². The van der Waals surface area contributed by atoms with Crippen molar-refractivity contribution < 1.29 is 9.53 Å². The smallest absolute Gasteiger partial charge is 0.427 e. The van der Waals surface area contributed by atoms with E-state index in [1.807, 2.05) is 24.3 Å². The molecule has 4 heteroatoms. The molecule has 16 heavy (non-hydrogen) atoms. The second-order valence-corrected chi connectivity index (χ2v) is 3.19. The maximum atomic E-state index is 10.9. The van der Waals surface area contributed by atoms with Crippen molar-refractivity contribution in [3.8, 4) is 0 Å². The van der Waals surface area contributed by atoms with Crippen LogP contribution in [0, 0.1) is 0 Å². The summed E-state index contributed by atoms with van der Waals surface area (Å²) in [6.45, 7) is 4.19. The van der Waals surface area contributed by atoms with Crippen LogP contribution in [-0.2, 0) is 11.2 Å². The van der Waals surface area contributed by atoms with Gasteiger partial charge < -0.3 is 4.74 Å². The maximum absolute atomic E-state index is 10.9. The van der Waals surface area contributed by atoms with Crippen molar-refractivity contribution in [1.29, 1.82) is 0 Å². The average molecular weight is 220 g/mol. The molecule has 0 fully saturated rings. The second kappa shape index (κ2) is 6.61. The van der Waals surface area contributed by atoms with Gasteiger partial charge in [0.2, 0.25) is 0 Å². The summed E-state index contributed by atoms with van der Waals surface area (Å²) in [6.07, 6.45) is 2.05. The molecule has 1 amide bonds. The topological polar surface area (TPSA) is 50.7 Å². The van der Waals surface area contributed by atoms with Gasteiger partial charge in [-0.1, -0.05) is 31.2 Å². The third kappa shape index (κ3) is 4.13. The fourth-order valence-electron chi connectivity index (χ4n) is 1.16. The summed E-state index contributed by atoms with van der Waals surface area (Å²) < 4.78 is 4.65. The number of ether oxygens (including phenoxy) is 1. The van der Waals surface area contributed by atoms with Crippen molar-refractivity contribution in [3.63, 3.8) is 0 Å². The van der Waals surface area contributed by atoms with Gasteiger partial charge in [-0.05, 0) is 24.5 Å². The molecule has 0 saturated carbocycles. The number of nitrogens with one attached hydrogen (secondary N) is 1. The molecule has 0 aliphatic carbocycles. The van der Waals surface area contributed by atoms with E-state index in [1.54, 1.807) is 13.1 Å². The monoisotopic (exact) mass is 220 g/mol. The van der Waals surface area contributed by atoms with Crippen LogP contribution in [0.3, 0.4) is 0 Å². The van der Waals surface area contributed by atoms with Crippen molar-refractivity contribution in [2.24, 2.45) is 5.10 Å². The van der Waals surface area contributed by atoms with Gasteiger partial charge >= 0.3 is 6.09 Å². The Morgan fingerprint density at radius 1 is 1.38 bits per heavy atom. The first-order valence-electron chi connectivity index (χ1n) is 5.31. The minimum atomic E-state index is -0.538. The summed E-state index contributed by atoms with van der Waals surface area (Å²) in [7, 11) is 0. The van der Waals surface area contributed by atoms with Gasteiger partial charge in [0, 0.05) is 0 Å². The Morgan fingerprint density at radius 2 is 2.06 bits per heavy atom. The third-order valence-electron chi connectivity index (χ3n) is 2.03. The van der Waals surface area contributed by atoms with Crippen LogP contribution >= 0.6 is 0 Å². The number of carbonyl (C=O) groups excluding carboxylic acids is 1. The van der Waals surface area contributed by atoms with Crippen molar-refractivity contribution in [2.75, 3.05) is 6.61 Å². The van der Waals surface area contributed by atoms with Gasteiger partial charge in [0.05, 0.1) is 12.8 Å². The molecular formula is C12H16N2O2. The standard InChI is InChI=1S/C12H16N2O2/c1-3-10-5-7-11(8-6-10)9-13-14-12(15)16-4-2/h5-9H,3-4H2,1-2H3,(H,14,15). The molecule has 4 nitrogen and oxygen atoms in total. The third-order valence-corrected chi connectivity index (χ3v) is 2.03. The van der Waals surface area contributed by atoms with Gasteiger partial charge in [0.15, 0.2) is 0 Å². The molecule has 0 radical (unpaired) electrons. The number of aryl methyl sites for hydroxylation is 1. The van der Waals surface area contributed by atoms with Crippen LogP contribution in [0.2, 0.25) is 0 Å². The number of hydrogen-bond donors (Lipinski definition) is 1.